The third-order valence-corrected chi connectivity index (χ3v) is 1.78. The highest BCUT2D eigenvalue weighted by Gasteiger charge is 1.96. The number of rotatable bonds is 6. The lowest BCUT2D eigenvalue weighted by Crippen LogP contribution is -2.25. The Labute approximate surface area is 99.4 Å². The second-order valence-electron chi connectivity index (χ2n) is 3.15. The summed E-state index contributed by atoms with van der Waals surface area (Å²) in [7, 11) is 6.31. The molecule has 0 N–H and O–H groups in total. The number of alkyl halides is 1. The number of nitrogens with zero attached hydrogens (tertiary/aromatic N) is 2. The normalized spacial score (nSPS) is 9.69. The van der Waals surface area contributed by atoms with E-state index in [0.29, 0.717) is 0 Å². The molecule has 0 aromatic rings. The highest BCUT2D eigenvalue weighted by atomic mass is 35.5. The van der Waals surface area contributed by atoms with Crippen molar-refractivity contribution in [3.05, 3.63) is 0 Å². The predicted molar refractivity (Wildman–Crippen MR) is 65.9 cm³/mol. The Morgan fingerprint density at radius 2 is 1.46 bits per heavy atom. The van der Waals surface area contributed by atoms with E-state index < -0.39 is 0 Å². The summed E-state index contributed by atoms with van der Waals surface area (Å²) in [5, 5.41) is 0. The first-order valence-corrected chi connectivity index (χ1v) is 4.59. The molecule has 0 fully saturated rings. The van der Waals surface area contributed by atoms with Crippen LogP contribution in [0.15, 0.2) is 0 Å². The standard InChI is InChI=1S/C8H19ClN2.2ClH/c1-10(2)6-4-7-11(3)8-5-9;;/h4-8H2,1-3H3;2*1H. The first-order valence-electron chi connectivity index (χ1n) is 4.06. The molecule has 0 heterocycles. The van der Waals surface area contributed by atoms with E-state index in [1.807, 2.05) is 0 Å². The first kappa shape index (κ1) is 19.4. The molecule has 0 aliphatic carbocycles. The minimum atomic E-state index is 0. The van der Waals surface area contributed by atoms with E-state index in [0.717, 1.165) is 25.5 Å². The van der Waals surface area contributed by atoms with Crippen LogP contribution in [0.4, 0.5) is 0 Å². The zero-order valence-corrected chi connectivity index (χ0v) is 11.0. The van der Waals surface area contributed by atoms with Gasteiger partial charge in [-0.25, -0.2) is 0 Å². The summed E-state index contributed by atoms with van der Waals surface area (Å²) in [4.78, 5) is 4.46. The summed E-state index contributed by atoms with van der Waals surface area (Å²) in [6, 6.07) is 0. The van der Waals surface area contributed by atoms with E-state index in [1.165, 1.54) is 6.42 Å². The maximum Gasteiger partial charge on any atom is 0.0351 e. The van der Waals surface area contributed by atoms with E-state index in [4.69, 9.17) is 11.6 Å². The molecular formula is C8H21Cl3N2. The van der Waals surface area contributed by atoms with Gasteiger partial charge in [0.15, 0.2) is 0 Å². The zero-order valence-electron chi connectivity index (χ0n) is 8.62. The molecule has 0 atom stereocenters. The van der Waals surface area contributed by atoms with E-state index in [-0.39, 0.29) is 24.8 Å². The van der Waals surface area contributed by atoms with Gasteiger partial charge in [0, 0.05) is 12.4 Å². The van der Waals surface area contributed by atoms with Crippen LogP contribution in [0.3, 0.4) is 0 Å². The van der Waals surface area contributed by atoms with Crippen molar-refractivity contribution in [1.82, 2.24) is 9.80 Å². The third kappa shape index (κ3) is 15.5. The van der Waals surface area contributed by atoms with Crippen molar-refractivity contribution in [2.24, 2.45) is 0 Å². The lowest BCUT2D eigenvalue weighted by atomic mass is 10.4. The lowest BCUT2D eigenvalue weighted by Gasteiger charge is -2.16. The molecule has 84 valence electrons. The van der Waals surface area contributed by atoms with Crippen LogP contribution >= 0.6 is 36.4 Å². The molecule has 13 heavy (non-hydrogen) atoms. The van der Waals surface area contributed by atoms with Gasteiger partial charge in [0.25, 0.3) is 0 Å². The fraction of sp³-hybridized carbons (Fsp3) is 1.00. The molecule has 5 heteroatoms. The number of hydrogen-bond donors (Lipinski definition) is 0. The summed E-state index contributed by atoms with van der Waals surface area (Å²) in [5.74, 6) is 0.735. The Morgan fingerprint density at radius 1 is 0.923 bits per heavy atom. The molecule has 0 spiro atoms. The molecule has 0 saturated carbocycles. The zero-order chi connectivity index (χ0) is 8.69. The molecule has 0 unspecified atom stereocenters. The van der Waals surface area contributed by atoms with Crippen LogP contribution in [-0.2, 0) is 0 Å². The predicted octanol–water partition coefficient (Wildman–Crippen LogP) is 1.95. The van der Waals surface area contributed by atoms with E-state index >= 15 is 0 Å². The Morgan fingerprint density at radius 3 is 1.85 bits per heavy atom. The van der Waals surface area contributed by atoms with Gasteiger partial charge in [0.05, 0.1) is 0 Å². The maximum absolute atomic E-state index is 5.59. The molecule has 0 radical (unpaired) electrons. The van der Waals surface area contributed by atoms with E-state index in [2.05, 4.69) is 30.9 Å². The largest absolute Gasteiger partial charge is 0.309 e. The van der Waals surface area contributed by atoms with E-state index in [1.54, 1.807) is 0 Å². The molecule has 0 aliphatic heterocycles. The van der Waals surface area contributed by atoms with Crippen LogP contribution in [0, 0.1) is 0 Å². The Kier molecular flexibility index (Phi) is 19.1. The van der Waals surface area contributed by atoms with Crippen LogP contribution in [0.2, 0.25) is 0 Å². The van der Waals surface area contributed by atoms with Gasteiger partial charge in [0.1, 0.15) is 0 Å². The average molecular weight is 252 g/mol. The Bertz CT molecular complexity index is 91.5. The molecule has 0 bridgehead atoms. The van der Waals surface area contributed by atoms with Crippen LogP contribution in [-0.4, -0.2) is 56.5 Å². The third-order valence-electron chi connectivity index (χ3n) is 1.61. The fourth-order valence-electron chi connectivity index (χ4n) is 0.913. The molecule has 0 saturated heterocycles. The maximum atomic E-state index is 5.59. The van der Waals surface area contributed by atoms with Crippen LogP contribution < -0.4 is 0 Å². The van der Waals surface area contributed by atoms with Gasteiger partial charge in [-0.05, 0) is 40.7 Å². The highest BCUT2D eigenvalue weighted by Crippen LogP contribution is 1.89. The Hall–Kier alpha value is 0.790. The second kappa shape index (κ2) is 12.8. The average Bonchev–Trinajstić information content (AvgIpc) is 1.87. The van der Waals surface area contributed by atoms with E-state index in [9.17, 15) is 0 Å². The van der Waals surface area contributed by atoms with Crippen molar-refractivity contribution >= 4 is 36.4 Å². The van der Waals surface area contributed by atoms with Crippen LogP contribution in [0.5, 0.6) is 0 Å². The Balaban J connectivity index is -0.000000500. The second-order valence-corrected chi connectivity index (χ2v) is 3.53. The monoisotopic (exact) mass is 250 g/mol. The lowest BCUT2D eigenvalue weighted by molar-refractivity contribution is 0.313. The molecular weight excluding hydrogens is 230 g/mol. The highest BCUT2D eigenvalue weighted by molar-refractivity contribution is 6.18. The van der Waals surface area contributed by atoms with Crippen molar-refractivity contribution in [3.8, 4) is 0 Å². The van der Waals surface area contributed by atoms with Crippen molar-refractivity contribution in [3.63, 3.8) is 0 Å². The van der Waals surface area contributed by atoms with Gasteiger partial charge < -0.3 is 9.80 Å². The first-order chi connectivity index (χ1) is 5.16. The molecule has 0 aromatic carbocycles. The molecule has 0 rings (SSSR count). The summed E-state index contributed by atoms with van der Waals surface area (Å²) in [6.07, 6.45) is 1.22. The van der Waals surface area contributed by atoms with Gasteiger partial charge in [-0.1, -0.05) is 0 Å². The number of hydrogen-bond acceptors (Lipinski definition) is 2. The van der Waals surface area contributed by atoms with Crippen molar-refractivity contribution in [2.45, 2.75) is 6.42 Å². The summed E-state index contributed by atoms with van der Waals surface area (Å²) in [5.41, 5.74) is 0. The molecule has 2 nitrogen and oxygen atoms in total. The van der Waals surface area contributed by atoms with Crippen molar-refractivity contribution in [2.75, 3.05) is 46.7 Å². The van der Waals surface area contributed by atoms with Gasteiger partial charge in [0.2, 0.25) is 0 Å². The fourth-order valence-corrected chi connectivity index (χ4v) is 1.20. The van der Waals surface area contributed by atoms with Crippen molar-refractivity contribution < 1.29 is 0 Å². The van der Waals surface area contributed by atoms with Crippen LogP contribution in [0.1, 0.15) is 6.42 Å². The van der Waals surface area contributed by atoms with Gasteiger partial charge in [-0.15, -0.1) is 36.4 Å². The summed E-state index contributed by atoms with van der Waals surface area (Å²) >= 11 is 5.59. The topological polar surface area (TPSA) is 6.48 Å². The van der Waals surface area contributed by atoms with Gasteiger partial charge >= 0.3 is 0 Å². The quantitative estimate of drug-likeness (QED) is 0.666. The molecule has 0 aliphatic rings. The molecule has 0 amide bonds. The summed E-state index contributed by atoms with van der Waals surface area (Å²) < 4.78 is 0. The molecule has 0 aromatic heterocycles. The minimum Gasteiger partial charge on any atom is -0.309 e. The van der Waals surface area contributed by atoms with Gasteiger partial charge in [-0.2, -0.15) is 0 Å². The van der Waals surface area contributed by atoms with Crippen molar-refractivity contribution in [1.29, 1.82) is 0 Å². The smallest absolute Gasteiger partial charge is 0.0351 e. The van der Waals surface area contributed by atoms with Gasteiger partial charge in [-0.3, -0.25) is 0 Å². The SMILES string of the molecule is CN(C)CCCN(C)CCCl.Cl.Cl. The number of halogens is 3. The van der Waals surface area contributed by atoms with Crippen LogP contribution in [0.25, 0.3) is 0 Å². The minimum absolute atomic E-state index is 0. The summed E-state index contributed by atoms with van der Waals surface area (Å²) in [6.45, 7) is 3.30.